The summed E-state index contributed by atoms with van der Waals surface area (Å²) in [7, 11) is 0. The molecule has 1 atom stereocenters. The summed E-state index contributed by atoms with van der Waals surface area (Å²) in [6.07, 6.45) is 0. The first-order valence-electron chi connectivity index (χ1n) is 6.48. The number of hydrogen-bond donors (Lipinski definition) is 1. The van der Waals surface area contributed by atoms with E-state index < -0.39 is 0 Å². The summed E-state index contributed by atoms with van der Waals surface area (Å²) in [6.45, 7) is 1.24. The Balaban J connectivity index is 1.69. The van der Waals surface area contributed by atoms with Gasteiger partial charge in [0.25, 0.3) is 0 Å². The minimum Gasteiger partial charge on any atom is -0.493 e. The molecule has 2 aromatic carbocycles. The van der Waals surface area contributed by atoms with E-state index in [2.05, 4.69) is 6.07 Å². The zero-order valence-electron chi connectivity index (χ0n) is 10.9. The van der Waals surface area contributed by atoms with E-state index in [0.717, 1.165) is 17.1 Å². The number of ether oxygens (including phenoxy) is 2. The van der Waals surface area contributed by atoms with Crippen molar-refractivity contribution in [1.82, 2.24) is 0 Å². The lowest BCUT2D eigenvalue weighted by molar-refractivity contribution is 0.248. The second kappa shape index (κ2) is 5.51. The minimum absolute atomic E-state index is 0.264. The largest absolute Gasteiger partial charge is 0.493 e. The molecule has 1 unspecified atom stereocenters. The average Bonchev–Trinajstić information content (AvgIpc) is 2.89. The fraction of sp³-hybridized carbons (Fsp3) is 0.188. The van der Waals surface area contributed by atoms with Gasteiger partial charge in [0.2, 0.25) is 0 Å². The third-order valence-electron chi connectivity index (χ3n) is 3.37. The second-order valence-corrected chi connectivity index (χ2v) is 5.19. The molecule has 0 spiro atoms. The molecule has 3 rings (SSSR count). The van der Waals surface area contributed by atoms with Crippen molar-refractivity contribution < 1.29 is 9.47 Å². The number of para-hydroxylation sites is 1. The number of nitrogens with two attached hydrogens (primary N) is 1. The van der Waals surface area contributed by atoms with Gasteiger partial charge in [0.1, 0.15) is 16.5 Å². The zero-order chi connectivity index (χ0) is 13.9. The molecule has 3 nitrogen and oxygen atoms in total. The third-order valence-corrected chi connectivity index (χ3v) is 3.60. The fourth-order valence-electron chi connectivity index (χ4n) is 2.30. The van der Waals surface area contributed by atoms with Gasteiger partial charge in [0.15, 0.2) is 0 Å². The van der Waals surface area contributed by atoms with Crippen molar-refractivity contribution in [3.8, 4) is 11.5 Å². The van der Waals surface area contributed by atoms with Crippen molar-refractivity contribution in [2.75, 3.05) is 13.2 Å². The highest BCUT2D eigenvalue weighted by Gasteiger charge is 2.24. The Morgan fingerprint density at radius 1 is 1.25 bits per heavy atom. The van der Waals surface area contributed by atoms with Gasteiger partial charge in [-0.1, -0.05) is 42.5 Å². The number of hydrogen-bond acceptors (Lipinski definition) is 3. The van der Waals surface area contributed by atoms with E-state index in [0.29, 0.717) is 18.2 Å². The van der Waals surface area contributed by atoms with Crippen molar-refractivity contribution in [2.24, 2.45) is 5.73 Å². The highest BCUT2D eigenvalue weighted by molar-refractivity contribution is 7.80. The lowest BCUT2D eigenvalue weighted by Crippen LogP contribution is -2.13. The number of rotatable bonds is 4. The summed E-state index contributed by atoms with van der Waals surface area (Å²) in [4.78, 5) is 0.380. The van der Waals surface area contributed by atoms with Gasteiger partial charge in [-0.25, -0.2) is 0 Å². The van der Waals surface area contributed by atoms with E-state index >= 15 is 0 Å². The van der Waals surface area contributed by atoms with Crippen LogP contribution in [0.4, 0.5) is 0 Å². The van der Waals surface area contributed by atoms with Crippen LogP contribution in [0.1, 0.15) is 17.0 Å². The predicted molar refractivity (Wildman–Crippen MR) is 82.5 cm³/mol. The third kappa shape index (κ3) is 2.60. The van der Waals surface area contributed by atoms with E-state index in [4.69, 9.17) is 27.4 Å². The summed E-state index contributed by atoms with van der Waals surface area (Å²) in [5, 5.41) is 0. The number of benzene rings is 2. The summed E-state index contributed by atoms with van der Waals surface area (Å²) in [5.41, 5.74) is 7.65. The first kappa shape index (κ1) is 12.9. The van der Waals surface area contributed by atoms with Gasteiger partial charge in [-0.2, -0.15) is 0 Å². The van der Waals surface area contributed by atoms with Crippen molar-refractivity contribution in [3.05, 3.63) is 59.7 Å². The monoisotopic (exact) mass is 285 g/mol. The second-order valence-electron chi connectivity index (χ2n) is 4.75. The van der Waals surface area contributed by atoms with E-state index in [1.165, 1.54) is 5.56 Å². The Labute approximate surface area is 123 Å². The molecule has 102 valence electrons. The van der Waals surface area contributed by atoms with Crippen LogP contribution in [-0.4, -0.2) is 18.2 Å². The van der Waals surface area contributed by atoms with E-state index in [1.807, 2.05) is 42.5 Å². The molecule has 1 heterocycles. The molecule has 2 N–H and O–H groups in total. The Hall–Kier alpha value is -2.07. The van der Waals surface area contributed by atoms with Crippen LogP contribution in [0.25, 0.3) is 0 Å². The fourth-order valence-corrected chi connectivity index (χ4v) is 2.43. The molecular formula is C16H15NO2S. The van der Waals surface area contributed by atoms with Crippen molar-refractivity contribution >= 4 is 17.2 Å². The molecule has 2 aromatic rings. The van der Waals surface area contributed by atoms with Gasteiger partial charge < -0.3 is 15.2 Å². The summed E-state index contributed by atoms with van der Waals surface area (Å²) < 4.78 is 11.5. The van der Waals surface area contributed by atoms with Crippen LogP contribution in [0, 0.1) is 0 Å². The molecule has 1 aliphatic heterocycles. The average molecular weight is 285 g/mol. The maximum Gasteiger partial charge on any atom is 0.123 e. The molecule has 20 heavy (non-hydrogen) atoms. The lowest BCUT2D eigenvalue weighted by atomic mass is 10.0. The molecule has 1 aliphatic rings. The Bertz CT molecular complexity index is 642. The molecule has 0 saturated heterocycles. The quantitative estimate of drug-likeness (QED) is 0.877. The maximum absolute atomic E-state index is 5.84. The normalized spacial score (nSPS) is 16.3. The Morgan fingerprint density at radius 3 is 2.95 bits per heavy atom. The smallest absolute Gasteiger partial charge is 0.123 e. The van der Waals surface area contributed by atoms with Gasteiger partial charge in [0, 0.05) is 11.1 Å². The van der Waals surface area contributed by atoms with E-state index in [1.54, 1.807) is 0 Å². The van der Waals surface area contributed by atoms with Crippen LogP contribution in [0.5, 0.6) is 11.5 Å². The first-order valence-corrected chi connectivity index (χ1v) is 6.89. The molecule has 0 bridgehead atoms. The maximum atomic E-state index is 5.84. The molecule has 0 aromatic heterocycles. The molecule has 0 amide bonds. The van der Waals surface area contributed by atoms with Crippen LogP contribution >= 0.6 is 12.2 Å². The van der Waals surface area contributed by atoms with Crippen LogP contribution < -0.4 is 15.2 Å². The highest BCUT2D eigenvalue weighted by atomic mass is 32.1. The van der Waals surface area contributed by atoms with Crippen molar-refractivity contribution in [2.45, 2.75) is 5.92 Å². The number of fused-ring (bicyclic) bond motifs is 1. The SMILES string of the molecule is NC(=S)c1cccc(OCC2COc3ccccc32)c1. The van der Waals surface area contributed by atoms with Crippen molar-refractivity contribution in [1.29, 1.82) is 0 Å². The molecule has 0 radical (unpaired) electrons. The van der Waals surface area contributed by atoms with Gasteiger partial charge in [-0.15, -0.1) is 0 Å². The van der Waals surface area contributed by atoms with Crippen molar-refractivity contribution in [3.63, 3.8) is 0 Å². The van der Waals surface area contributed by atoms with Gasteiger partial charge >= 0.3 is 0 Å². The number of thiocarbonyl (C=S) groups is 1. The van der Waals surface area contributed by atoms with Gasteiger partial charge in [0.05, 0.1) is 19.1 Å². The molecule has 0 aliphatic carbocycles. The van der Waals surface area contributed by atoms with Crippen LogP contribution in [0.15, 0.2) is 48.5 Å². The van der Waals surface area contributed by atoms with Gasteiger partial charge in [-0.05, 0) is 18.2 Å². The highest BCUT2D eigenvalue weighted by Crippen LogP contribution is 2.33. The lowest BCUT2D eigenvalue weighted by Gasteiger charge is -2.12. The first-order chi connectivity index (χ1) is 9.74. The molecule has 0 saturated carbocycles. The topological polar surface area (TPSA) is 44.5 Å². The van der Waals surface area contributed by atoms with E-state index in [-0.39, 0.29) is 5.92 Å². The minimum atomic E-state index is 0.264. The standard InChI is InChI=1S/C16H15NO2S/c17-16(20)11-4-3-5-13(8-11)18-9-12-10-19-15-7-2-1-6-14(12)15/h1-8,12H,9-10H2,(H2,17,20). The Morgan fingerprint density at radius 2 is 2.10 bits per heavy atom. The van der Waals surface area contributed by atoms with E-state index in [9.17, 15) is 0 Å². The summed E-state index contributed by atoms with van der Waals surface area (Å²) in [5.74, 6) is 2.00. The predicted octanol–water partition coefficient (Wildman–Crippen LogP) is 2.88. The van der Waals surface area contributed by atoms with Crippen LogP contribution in [-0.2, 0) is 0 Å². The molecule has 0 fully saturated rings. The van der Waals surface area contributed by atoms with Crippen LogP contribution in [0.2, 0.25) is 0 Å². The summed E-state index contributed by atoms with van der Waals surface area (Å²) >= 11 is 4.97. The Kier molecular flexibility index (Phi) is 3.56. The zero-order valence-corrected chi connectivity index (χ0v) is 11.7. The van der Waals surface area contributed by atoms with Gasteiger partial charge in [-0.3, -0.25) is 0 Å². The summed E-state index contributed by atoms with van der Waals surface area (Å²) in [6, 6.07) is 15.6. The van der Waals surface area contributed by atoms with Crippen LogP contribution in [0.3, 0.4) is 0 Å². The molecule has 4 heteroatoms. The molecular weight excluding hydrogens is 270 g/mol.